The first-order valence-electron chi connectivity index (χ1n) is 9.54. The maximum absolute atomic E-state index is 12.6. The van der Waals surface area contributed by atoms with Crippen molar-refractivity contribution >= 4 is 17.0 Å². The number of esters is 1. The second kappa shape index (κ2) is 8.10. The maximum Gasteiger partial charge on any atom is 0.309 e. The van der Waals surface area contributed by atoms with Crippen LogP contribution in [0.2, 0.25) is 0 Å². The second-order valence-electron chi connectivity index (χ2n) is 7.22. The van der Waals surface area contributed by atoms with Crippen molar-refractivity contribution in [1.82, 2.24) is 15.0 Å². The Hall–Kier alpha value is -2.73. The number of hydrogen-bond donors (Lipinski definition) is 1. The summed E-state index contributed by atoms with van der Waals surface area (Å²) in [4.78, 5) is 12.6. The number of aryl methyl sites for hydroxylation is 3. The minimum Gasteiger partial charge on any atom is -0.466 e. The standard InChI is InChI=1S/C22H27N3O3/c1-6-28-22(27)15(4)20(16-8-7-13(2)17(11-16)12-26)18-9-10-19-21(14(18)3)23-24-25(19)5/h7-11,15,20,26H,6,12H2,1-5H3. The zero-order chi connectivity index (χ0) is 20.4. The van der Waals surface area contributed by atoms with Crippen molar-refractivity contribution in [2.75, 3.05) is 6.61 Å². The van der Waals surface area contributed by atoms with Crippen LogP contribution < -0.4 is 0 Å². The van der Waals surface area contributed by atoms with Crippen LogP contribution in [0.5, 0.6) is 0 Å². The van der Waals surface area contributed by atoms with Gasteiger partial charge in [0.1, 0.15) is 5.52 Å². The number of carbonyl (C=O) groups is 1. The molecule has 6 heteroatoms. The third-order valence-electron chi connectivity index (χ3n) is 5.48. The summed E-state index contributed by atoms with van der Waals surface area (Å²) < 4.78 is 7.06. The van der Waals surface area contributed by atoms with Gasteiger partial charge in [-0.2, -0.15) is 0 Å². The number of fused-ring (bicyclic) bond motifs is 1. The van der Waals surface area contributed by atoms with E-state index in [4.69, 9.17) is 4.74 Å². The second-order valence-corrected chi connectivity index (χ2v) is 7.22. The molecule has 6 nitrogen and oxygen atoms in total. The Morgan fingerprint density at radius 3 is 2.68 bits per heavy atom. The first-order chi connectivity index (χ1) is 13.4. The summed E-state index contributed by atoms with van der Waals surface area (Å²) in [6, 6.07) is 10.0. The number of carbonyl (C=O) groups excluding carboxylic acids is 1. The van der Waals surface area contributed by atoms with Crippen LogP contribution in [0.3, 0.4) is 0 Å². The zero-order valence-corrected chi connectivity index (χ0v) is 17.1. The van der Waals surface area contributed by atoms with Gasteiger partial charge < -0.3 is 9.84 Å². The molecule has 3 aromatic rings. The van der Waals surface area contributed by atoms with E-state index in [-0.39, 0.29) is 24.4 Å². The highest BCUT2D eigenvalue weighted by Gasteiger charge is 2.30. The van der Waals surface area contributed by atoms with Crippen LogP contribution in [0.25, 0.3) is 11.0 Å². The van der Waals surface area contributed by atoms with Crippen molar-refractivity contribution in [3.05, 3.63) is 58.1 Å². The summed E-state index contributed by atoms with van der Waals surface area (Å²) in [5, 5.41) is 18.1. The highest BCUT2D eigenvalue weighted by Crippen LogP contribution is 2.37. The summed E-state index contributed by atoms with van der Waals surface area (Å²) in [7, 11) is 1.86. The van der Waals surface area contributed by atoms with E-state index in [1.807, 2.05) is 65.1 Å². The van der Waals surface area contributed by atoms with Crippen molar-refractivity contribution in [2.45, 2.75) is 40.2 Å². The van der Waals surface area contributed by atoms with E-state index in [0.717, 1.165) is 38.9 Å². The number of aromatic nitrogens is 3. The number of nitrogens with zero attached hydrogens (tertiary/aromatic N) is 3. The topological polar surface area (TPSA) is 77.2 Å². The number of hydrogen-bond acceptors (Lipinski definition) is 5. The lowest BCUT2D eigenvalue weighted by molar-refractivity contribution is -0.147. The van der Waals surface area contributed by atoms with E-state index in [1.165, 1.54) is 0 Å². The van der Waals surface area contributed by atoms with Gasteiger partial charge in [-0.3, -0.25) is 4.79 Å². The van der Waals surface area contributed by atoms with Gasteiger partial charge in [-0.05, 0) is 54.7 Å². The molecule has 2 aromatic carbocycles. The van der Waals surface area contributed by atoms with Crippen LogP contribution in [-0.4, -0.2) is 32.7 Å². The molecule has 0 aliphatic carbocycles. The molecule has 1 aromatic heterocycles. The van der Waals surface area contributed by atoms with Crippen LogP contribution in [0, 0.1) is 19.8 Å². The largest absolute Gasteiger partial charge is 0.466 e. The molecule has 0 aliphatic rings. The van der Waals surface area contributed by atoms with E-state index in [2.05, 4.69) is 10.3 Å². The van der Waals surface area contributed by atoms with Crippen molar-refractivity contribution in [2.24, 2.45) is 13.0 Å². The van der Waals surface area contributed by atoms with Crippen molar-refractivity contribution in [3.8, 4) is 0 Å². The predicted molar refractivity (Wildman–Crippen MR) is 108 cm³/mol. The lowest BCUT2D eigenvalue weighted by Gasteiger charge is -2.26. The minimum atomic E-state index is -0.387. The fraction of sp³-hybridized carbons (Fsp3) is 0.409. The minimum absolute atomic E-state index is 0.0393. The summed E-state index contributed by atoms with van der Waals surface area (Å²) in [6.07, 6.45) is 0. The van der Waals surface area contributed by atoms with Crippen LogP contribution >= 0.6 is 0 Å². The van der Waals surface area contributed by atoms with Gasteiger partial charge in [0, 0.05) is 13.0 Å². The highest BCUT2D eigenvalue weighted by molar-refractivity contribution is 5.81. The van der Waals surface area contributed by atoms with Crippen molar-refractivity contribution in [3.63, 3.8) is 0 Å². The first-order valence-corrected chi connectivity index (χ1v) is 9.54. The Balaban J connectivity index is 2.19. The van der Waals surface area contributed by atoms with Gasteiger partial charge >= 0.3 is 5.97 Å². The SMILES string of the molecule is CCOC(=O)C(C)C(c1ccc(C)c(CO)c1)c1ccc2c(nnn2C)c1C. The molecule has 2 unspecified atom stereocenters. The molecular weight excluding hydrogens is 354 g/mol. The Labute approximate surface area is 165 Å². The quantitative estimate of drug-likeness (QED) is 0.662. The average molecular weight is 381 g/mol. The van der Waals surface area contributed by atoms with Gasteiger partial charge in [-0.25, -0.2) is 4.68 Å². The van der Waals surface area contributed by atoms with Gasteiger partial charge in [0.25, 0.3) is 0 Å². The fourth-order valence-electron chi connectivity index (χ4n) is 3.79. The summed E-state index contributed by atoms with van der Waals surface area (Å²) in [5.74, 6) is -0.837. The molecule has 1 N–H and O–H groups in total. The smallest absolute Gasteiger partial charge is 0.309 e. The highest BCUT2D eigenvalue weighted by atomic mass is 16.5. The number of benzene rings is 2. The fourth-order valence-corrected chi connectivity index (χ4v) is 3.79. The molecule has 0 saturated carbocycles. The van der Waals surface area contributed by atoms with Crippen molar-refractivity contribution in [1.29, 1.82) is 0 Å². The zero-order valence-electron chi connectivity index (χ0n) is 17.1. The molecule has 0 fully saturated rings. The maximum atomic E-state index is 12.6. The Kier molecular flexibility index (Phi) is 5.79. The molecule has 0 amide bonds. The van der Waals surface area contributed by atoms with Crippen LogP contribution in [0.15, 0.2) is 30.3 Å². The van der Waals surface area contributed by atoms with Gasteiger partial charge in [0.2, 0.25) is 0 Å². The van der Waals surface area contributed by atoms with Crippen molar-refractivity contribution < 1.29 is 14.6 Å². The lowest BCUT2D eigenvalue weighted by atomic mass is 9.79. The molecule has 28 heavy (non-hydrogen) atoms. The first kappa shape index (κ1) is 20.0. The number of aliphatic hydroxyl groups is 1. The molecule has 3 rings (SSSR count). The number of aliphatic hydroxyl groups excluding tert-OH is 1. The van der Waals surface area contributed by atoms with Gasteiger partial charge in [0.15, 0.2) is 0 Å². The van der Waals surface area contributed by atoms with E-state index < -0.39 is 0 Å². The molecule has 0 bridgehead atoms. The van der Waals surface area contributed by atoms with Gasteiger partial charge in [0.05, 0.1) is 24.6 Å². The number of ether oxygens (including phenoxy) is 1. The molecule has 0 radical (unpaired) electrons. The van der Waals surface area contributed by atoms with Gasteiger partial charge in [-0.15, -0.1) is 5.10 Å². The Morgan fingerprint density at radius 2 is 2.00 bits per heavy atom. The molecule has 0 aliphatic heterocycles. The van der Waals surface area contributed by atoms with Crippen LogP contribution in [-0.2, 0) is 23.2 Å². The predicted octanol–water partition coefficient (Wildman–Crippen LogP) is 3.41. The van der Waals surface area contributed by atoms with Crippen LogP contribution in [0.1, 0.15) is 47.6 Å². The van der Waals surface area contributed by atoms with Gasteiger partial charge in [-0.1, -0.05) is 36.4 Å². The van der Waals surface area contributed by atoms with E-state index in [1.54, 1.807) is 4.68 Å². The molecule has 2 atom stereocenters. The van der Waals surface area contributed by atoms with E-state index in [9.17, 15) is 9.90 Å². The summed E-state index contributed by atoms with van der Waals surface area (Å²) in [6.45, 7) is 7.98. The van der Waals surface area contributed by atoms with Crippen LogP contribution in [0.4, 0.5) is 0 Å². The molecular formula is C22H27N3O3. The lowest BCUT2D eigenvalue weighted by Crippen LogP contribution is -2.23. The summed E-state index contributed by atoms with van der Waals surface area (Å²) in [5.41, 5.74) is 6.65. The monoisotopic (exact) mass is 381 g/mol. The summed E-state index contributed by atoms with van der Waals surface area (Å²) >= 11 is 0. The third-order valence-corrected chi connectivity index (χ3v) is 5.48. The molecule has 0 saturated heterocycles. The Bertz CT molecular complexity index is 1010. The average Bonchev–Trinajstić information content (AvgIpc) is 3.06. The third kappa shape index (κ3) is 3.52. The Morgan fingerprint density at radius 1 is 1.25 bits per heavy atom. The molecule has 148 valence electrons. The number of rotatable bonds is 6. The molecule has 0 spiro atoms. The normalized spacial score (nSPS) is 13.5. The van der Waals surface area contributed by atoms with E-state index >= 15 is 0 Å². The van der Waals surface area contributed by atoms with E-state index in [0.29, 0.717) is 6.61 Å². The molecule has 1 heterocycles.